The molecule has 1 amide bonds. The lowest BCUT2D eigenvalue weighted by Gasteiger charge is -2.14. The summed E-state index contributed by atoms with van der Waals surface area (Å²) in [6.45, 7) is 2.46. The second kappa shape index (κ2) is 3.57. The van der Waals surface area contributed by atoms with Gasteiger partial charge in [0.05, 0.1) is 11.3 Å². The van der Waals surface area contributed by atoms with E-state index >= 15 is 0 Å². The lowest BCUT2D eigenvalue weighted by atomic mass is 10.2. The zero-order valence-corrected chi connectivity index (χ0v) is 9.62. The zero-order valence-electron chi connectivity index (χ0n) is 8.80. The SMILES string of the molecule is CCN1C(=O)Cc2cc(S(N)(=O)=O)ccc21. The van der Waals surface area contributed by atoms with Gasteiger partial charge in [0.2, 0.25) is 15.9 Å². The van der Waals surface area contributed by atoms with Crippen molar-refractivity contribution in [2.45, 2.75) is 18.2 Å². The van der Waals surface area contributed by atoms with Gasteiger partial charge >= 0.3 is 0 Å². The summed E-state index contributed by atoms with van der Waals surface area (Å²) < 4.78 is 22.3. The topological polar surface area (TPSA) is 80.5 Å². The van der Waals surface area contributed by atoms with Gasteiger partial charge in [-0.25, -0.2) is 13.6 Å². The molecular weight excluding hydrogens is 228 g/mol. The van der Waals surface area contributed by atoms with Crippen LogP contribution in [0.5, 0.6) is 0 Å². The van der Waals surface area contributed by atoms with E-state index < -0.39 is 10.0 Å². The smallest absolute Gasteiger partial charge is 0.238 e. The molecule has 6 heteroatoms. The van der Waals surface area contributed by atoms with Crippen LogP contribution in [0.3, 0.4) is 0 Å². The van der Waals surface area contributed by atoms with Crippen LogP contribution >= 0.6 is 0 Å². The van der Waals surface area contributed by atoms with E-state index in [0.717, 1.165) is 11.3 Å². The first-order chi connectivity index (χ1) is 7.43. The first-order valence-electron chi connectivity index (χ1n) is 4.89. The maximum absolute atomic E-state index is 11.6. The van der Waals surface area contributed by atoms with Gasteiger partial charge in [-0.1, -0.05) is 0 Å². The van der Waals surface area contributed by atoms with Crippen molar-refractivity contribution in [1.82, 2.24) is 0 Å². The van der Waals surface area contributed by atoms with Crippen molar-refractivity contribution < 1.29 is 13.2 Å². The molecule has 0 saturated heterocycles. The summed E-state index contributed by atoms with van der Waals surface area (Å²) in [5.74, 6) is -0.0101. The van der Waals surface area contributed by atoms with Crippen molar-refractivity contribution in [3.8, 4) is 0 Å². The number of anilines is 1. The summed E-state index contributed by atoms with van der Waals surface area (Å²) in [5.41, 5.74) is 1.50. The molecule has 1 aliphatic heterocycles. The molecule has 2 N–H and O–H groups in total. The predicted molar refractivity (Wildman–Crippen MR) is 59.5 cm³/mol. The molecule has 1 aliphatic rings. The number of rotatable bonds is 2. The molecule has 0 saturated carbocycles. The standard InChI is InChI=1S/C10H12N2O3S/c1-2-12-9-4-3-8(16(11,14)15)5-7(9)6-10(12)13/h3-5H,2,6H2,1H3,(H2,11,14,15). The van der Waals surface area contributed by atoms with Crippen molar-refractivity contribution in [1.29, 1.82) is 0 Å². The summed E-state index contributed by atoms with van der Waals surface area (Å²) in [4.78, 5) is 13.2. The molecule has 0 fully saturated rings. The molecular formula is C10H12N2O3S. The molecule has 86 valence electrons. The Hall–Kier alpha value is -1.40. The van der Waals surface area contributed by atoms with Crippen molar-refractivity contribution in [2.75, 3.05) is 11.4 Å². The highest BCUT2D eigenvalue weighted by Crippen LogP contribution is 2.30. The molecule has 0 aromatic heterocycles. The fourth-order valence-electron chi connectivity index (χ4n) is 1.88. The van der Waals surface area contributed by atoms with Crippen molar-refractivity contribution in [3.63, 3.8) is 0 Å². The van der Waals surface area contributed by atoms with Gasteiger partial charge in [-0.2, -0.15) is 0 Å². The minimum Gasteiger partial charge on any atom is -0.312 e. The summed E-state index contributed by atoms with van der Waals surface area (Å²) in [6.07, 6.45) is 0.243. The third-order valence-electron chi connectivity index (χ3n) is 2.63. The van der Waals surface area contributed by atoms with Gasteiger partial charge < -0.3 is 4.90 Å². The Morgan fingerprint density at radius 3 is 2.69 bits per heavy atom. The normalized spacial score (nSPS) is 15.4. The Balaban J connectivity index is 2.52. The van der Waals surface area contributed by atoms with E-state index in [1.54, 1.807) is 11.0 Å². The number of amides is 1. The molecule has 2 rings (SSSR count). The summed E-state index contributed by atoms with van der Waals surface area (Å²) in [7, 11) is -3.70. The van der Waals surface area contributed by atoms with Gasteiger partial charge in [-0.05, 0) is 30.7 Å². The van der Waals surface area contributed by atoms with E-state index in [1.807, 2.05) is 6.92 Å². The monoisotopic (exact) mass is 240 g/mol. The van der Waals surface area contributed by atoms with E-state index in [2.05, 4.69) is 0 Å². The van der Waals surface area contributed by atoms with Crippen LogP contribution in [0.25, 0.3) is 0 Å². The summed E-state index contributed by atoms with van der Waals surface area (Å²) in [6, 6.07) is 4.52. The van der Waals surface area contributed by atoms with E-state index in [0.29, 0.717) is 6.54 Å². The fraction of sp³-hybridized carbons (Fsp3) is 0.300. The molecule has 1 heterocycles. The average Bonchev–Trinajstić information content (AvgIpc) is 2.50. The van der Waals surface area contributed by atoms with Crippen LogP contribution in [0.15, 0.2) is 23.1 Å². The molecule has 0 spiro atoms. The van der Waals surface area contributed by atoms with Gasteiger partial charge in [0, 0.05) is 12.2 Å². The Morgan fingerprint density at radius 2 is 2.12 bits per heavy atom. The maximum Gasteiger partial charge on any atom is 0.238 e. The number of hydrogen-bond donors (Lipinski definition) is 1. The van der Waals surface area contributed by atoms with Gasteiger partial charge in [0.1, 0.15) is 0 Å². The Labute approximate surface area is 93.9 Å². The second-order valence-corrected chi connectivity index (χ2v) is 5.21. The number of primary sulfonamides is 1. The minimum atomic E-state index is -3.70. The zero-order chi connectivity index (χ0) is 11.9. The van der Waals surface area contributed by atoms with E-state index in [1.165, 1.54) is 12.1 Å². The molecule has 0 bridgehead atoms. The van der Waals surface area contributed by atoms with Gasteiger partial charge in [0.15, 0.2) is 0 Å². The number of fused-ring (bicyclic) bond motifs is 1. The third-order valence-corrected chi connectivity index (χ3v) is 3.54. The first-order valence-corrected chi connectivity index (χ1v) is 6.44. The Bertz CT molecular complexity index is 551. The van der Waals surface area contributed by atoms with Crippen LogP contribution in [-0.2, 0) is 21.2 Å². The van der Waals surface area contributed by atoms with Crippen LogP contribution in [0.4, 0.5) is 5.69 Å². The quantitative estimate of drug-likeness (QED) is 0.804. The Kier molecular flexibility index (Phi) is 2.47. The van der Waals surface area contributed by atoms with Crippen LogP contribution in [0.2, 0.25) is 0 Å². The van der Waals surface area contributed by atoms with Gasteiger partial charge in [-0.3, -0.25) is 4.79 Å². The molecule has 1 aromatic carbocycles. The van der Waals surface area contributed by atoms with Gasteiger partial charge in [0.25, 0.3) is 0 Å². The molecule has 1 aromatic rings. The molecule has 5 nitrogen and oxygen atoms in total. The molecule has 0 atom stereocenters. The third kappa shape index (κ3) is 1.70. The number of likely N-dealkylation sites (N-methyl/N-ethyl adjacent to an activating group) is 1. The lowest BCUT2D eigenvalue weighted by molar-refractivity contribution is -0.117. The number of nitrogens with two attached hydrogens (primary N) is 1. The molecule has 0 aliphatic carbocycles. The lowest BCUT2D eigenvalue weighted by Crippen LogP contribution is -2.25. The highest BCUT2D eigenvalue weighted by atomic mass is 32.2. The maximum atomic E-state index is 11.6. The van der Waals surface area contributed by atoms with E-state index in [4.69, 9.17) is 5.14 Å². The molecule has 16 heavy (non-hydrogen) atoms. The molecule has 0 radical (unpaired) electrons. The van der Waals surface area contributed by atoms with Crippen LogP contribution in [0.1, 0.15) is 12.5 Å². The second-order valence-electron chi connectivity index (χ2n) is 3.65. The van der Waals surface area contributed by atoms with Crippen molar-refractivity contribution >= 4 is 21.6 Å². The number of sulfonamides is 1. The van der Waals surface area contributed by atoms with Crippen molar-refractivity contribution in [2.24, 2.45) is 5.14 Å². The molecule has 0 unspecified atom stereocenters. The summed E-state index contributed by atoms with van der Waals surface area (Å²) in [5, 5.41) is 5.03. The van der Waals surface area contributed by atoms with Crippen LogP contribution in [-0.4, -0.2) is 20.9 Å². The largest absolute Gasteiger partial charge is 0.312 e. The number of hydrogen-bond acceptors (Lipinski definition) is 3. The minimum absolute atomic E-state index is 0.0101. The predicted octanol–water partition coefficient (Wildman–Crippen LogP) is 0.243. The number of nitrogens with zero attached hydrogens (tertiary/aromatic N) is 1. The van der Waals surface area contributed by atoms with Crippen molar-refractivity contribution in [3.05, 3.63) is 23.8 Å². The average molecular weight is 240 g/mol. The van der Waals surface area contributed by atoms with E-state index in [-0.39, 0.29) is 17.2 Å². The van der Waals surface area contributed by atoms with E-state index in [9.17, 15) is 13.2 Å². The van der Waals surface area contributed by atoms with Gasteiger partial charge in [-0.15, -0.1) is 0 Å². The van der Waals surface area contributed by atoms with Crippen LogP contribution < -0.4 is 10.0 Å². The summed E-state index contributed by atoms with van der Waals surface area (Å²) >= 11 is 0. The number of carbonyl (C=O) groups excluding carboxylic acids is 1. The Morgan fingerprint density at radius 1 is 1.44 bits per heavy atom. The van der Waals surface area contributed by atoms with Crippen LogP contribution in [0, 0.1) is 0 Å². The highest BCUT2D eigenvalue weighted by molar-refractivity contribution is 7.89. The first kappa shape index (κ1) is 11.1. The number of benzene rings is 1. The number of carbonyl (C=O) groups is 1. The highest BCUT2D eigenvalue weighted by Gasteiger charge is 2.26. The fourth-order valence-corrected chi connectivity index (χ4v) is 2.45.